The number of ether oxygens (including phenoxy) is 1. The molecule has 2 aromatic carbocycles. The van der Waals surface area contributed by atoms with Gasteiger partial charge in [0.1, 0.15) is 11.3 Å². The van der Waals surface area contributed by atoms with Crippen LogP contribution in [0.4, 0.5) is 11.4 Å². The monoisotopic (exact) mass is 506 g/mol. The van der Waals surface area contributed by atoms with Crippen LogP contribution in [0.25, 0.3) is 11.0 Å². The number of nitrogens with zero attached hydrogens (tertiary/aromatic N) is 1. The molecule has 4 rings (SSSR count). The molecule has 1 amide bonds. The van der Waals surface area contributed by atoms with Gasteiger partial charge >= 0.3 is 5.97 Å². The number of aromatic amines is 1. The first-order valence-electron chi connectivity index (χ1n) is 10.4. The zero-order chi connectivity index (χ0) is 23.4. The van der Waals surface area contributed by atoms with Crippen LogP contribution in [0.2, 0.25) is 0 Å². The van der Waals surface area contributed by atoms with Gasteiger partial charge in [0.05, 0.1) is 25.4 Å². The summed E-state index contributed by atoms with van der Waals surface area (Å²) in [6, 6.07) is 17.2. The van der Waals surface area contributed by atoms with E-state index in [4.69, 9.17) is 4.74 Å². The van der Waals surface area contributed by atoms with E-state index in [1.807, 2.05) is 55.5 Å². The first kappa shape index (κ1) is 22.5. The molecule has 33 heavy (non-hydrogen) atoms. The highest BCUT2D eigenvalue weighted by Crippen LogP contribution is 2.22. The number of aromatic nitrogens is 2. The molecule has 0 saturated heterocycles. The van der Waals surface area contributed by atoms with Crippen molar-refractivity contribution in [1.82, 2.24) is 9.97 Å². The number of H-pyrrole nitrogens is 1. The number of esters is 1. The number of carbonyl (C=O) groups excluding carboxylic acids is 2. The Bertz CT molecular complexity index is 1330. The molecule has 0 aliphatic rings. The standard InChI is InChI=1S/C25H23BrN4O3/c1-15-7-8-19(29-23(31)12-16-5-3-4-6-21(16)26)10-18(15)13-27-20-9-17-11-22(25(32)33-2)30-24(17)28-14-20/h3-11,14,27H,12-13H2,1-2H3,(H,28,30)(H,29,31). The molecule has 3 N–H and O–H groups in total. The number of pyridine rings is 1. The van der Waals surface area contributed by atoms with Gasteiger partial charge in [0.25, 0.3) is 0 Å². The average molecular weight is 507 g/mol. The van der Waals surface area contributed by atoms with Gasteiger partial charge in [0.15, 0.2) is 0 Å². The van der Waals surface area contributed by atoms with Gasteiger partial charge in [-0.1, -0.05) is 40.2 Å². The van der Waals surface area contributed by atoms with E-state index < -0.39 is 5.97 Å². The Hall–Kier alpha value is -3.65. The maximum Gasteiger partial charge on any atom is 0.354 e. The van der Waals surface area contributed by atoms with Crippen molar-refractivity contribution in [3.05, 3.63) is 87.7 Å². The second-order valence-corrected chi connectivity index (χ2v) is 8.50. The summed E-state index contributed by atoms with van der Waals surface area (Å²) in [5.74, 6) is -0.509. The van der Waals surface area contributed by atoms with E-state index in [2.05, 4.69) is 36.5 Å². The number of nitrogens with one attached hydrogen (secondary N) is 3. The van der Waals surface area contributed by atoms with Gasteiger partial charge in [-0.05, 0) is 53.9 Å². The lowest BCUT2D eigenvalue weighted by molar-refractivity contribution is -0.115. The zero-order valence-electron chi connectivity index (χ0n) is 18.2. The van der Waals surface area contributed by atoms with Gasteiger partial charge in [-0.3, -0.25) is 4.79 Å². The molecule has 2 aromatic heterocycles. The molecule has 0 spiro atoms. The van der Waals surface area contributed by atoms with Crippen molar-refractivity contribution in [1.29, 1.82) is 0 Å². The molecule has 0 aliphatic carbocycles. The predicted octanol–water partition coefficient (Wildman–Crippen LogP) is 5.21. The molecule has 0 fully saturated rings. The van der Waals surface area contributed by atoms with Crippen LogP contribution in [0.5, 0.6) is 0 Å². The summed E-state index contributed by atoms with van der Waals surface area (Å²) in [5, 5.41) is 7.15. The van der Waals surface area contributed by atoms with Crippen molar-refractivity contribution in [2.45, 2.75) is 19.9 Å². The van der Waals surface area contributed by atoms with Crippen molar-refractivity contribution < 1.29 is 14.3 Å². The summed E-state index contributed by atoms with van der Waals surface area (Å²) in [7, 11) is 1.34. The van der Waals surface area contributed by atoms with Crippen molar-refractivity contribution in [3.8, 4) is 0 Å². The van der Waals surface area contributed by atoms with Crippen LogP contribution in [-0.2, 0) is 22.5 Å². The molecule has 7 nitrogen and oxygen atoms in total. The minimum atomic E-state index is -0.434. The molecule has 0 unspecified atom stereocenters. The number of halogens is 1. The maximum absolute atomic E-state index is 12.5. The number of fused-ring (bicyclic) bond motifs is 1. The van der Waals surface area contributed by atoms with Crippen molar-refractivity contribution in [3.63, 3.8) is 0 Å². The van der Waals surface area contributed by atoms with Crippen molar-refractivity contribution >= 4 is 50.2 Å². The normalized spacial score (nSPS) is 10.8. The summed E-state index contributed by atoms with van der Waals surface area (Å²) in [4.78, 5) is 31.5. The van der Waals surface area contributed by atoms with E-state index in [1.165, 1.54) is 7.11 Å². The number of hydrogen-bond acceptors (Lipinski definition) is 5. The van der Waals surface area contributed by atoms with E-state index in [9.17, 15) is 9.59 Å². The second kappa shape index (κ2) is 9.87. The molecule has 0 saturated carbocycles. The SMILES string of the molecule is COC(=O)c1cc2cc(NCc3cc(NC(=O)Cc4ccccc4Br)ccc3C)cnc2[nH]1. The van der Waals surface area contributed by atoms with E-state index in [1.54, 1.807) is 12.3 Å². The van der Waals surface area contributed by atoms with Crippen LogP contribution in [0.3, 0.4) is 0 Å². The summed E-state index contributed by atoms with van der Waals surface area (Å²) in [5.41, 5.74) is 5.64. The average Bonchev–Trinajstić information content (AvgIpc) is 3.24. The molecule has 2 heterocycles. The Morgan fingerprint density at radius 1 is 1.06 bits per heavy atom. The molecule has 0 radical (unpaired) electrons. The molecule has 0 aliphatic heterocycles. The van der Waals surface area contributed by atoms with Crippen LogP contribution < -0.4 is 10.6 Å². The lowest BCUT2D eigenvalue weighted by Crippen LogP contribution is -2.15. The topological polar surface area (TPSA) is 96.1 Å². The third-order valence-corrected chi connectivity index (χ3v) is 6.07. The van der Waals surface area contributed by atoms with E-state index in [0.29, 0.717) is 24.3 Å². The largest absolute Gasteiger partial charge is 0.464 e. The van der Waals surface area contributed by atoms with E-state index in [0.717, 1.165) is 37.9 Å². The van der Waals surface area contributed by atoms with Gasteiger partial charge in [-0.15, -0.1) is 0 Å². The van der Waals surface area contributed by atoms with Gasteiger partial charge in [-0.25, -0.2) is 9.78 Å². The quantitative estimate of drug-likeness (QED) is 0.299. The highest BCUT2D eigenvalue weighted by atomic mass is 79.9. The first-order chi connectivity index (χ1) is 15.9. The molecule has 0 bridgehead atoms. The molecule has 0 atom stereocenters. The number of anilines is 2. The molecule has 168 valence electrons. The van der Waals surface area contributed by atoms with Crippen molar-refractivity contribution in [2.75, 3.05) is 17.7 Å². The minimum absolute atomic E-state index is 0.0758. The van der Waals surface area contributed by atoms with Crippen LogP contribution in [0.1, 0.15) is 27.2 Å². The lowest BCUT2D eigenvalue weighted by Gasteiger charge is -2.12. The third-order valence-electron chi connectivity index (χ3n) is 5.30. The number of rotatable bonds is 7. The fourth-order valence-corrected chi connectivity index (χ4v) is 3.91. The van der Waals surface area contributed by atoms with E-state index >= 15 is 0 Å². The summed E-state index contributed by atoms with van der Waals surface area (Å²) in [6.07, 6.45) is 2.00. The first-order valence-corrected chi connectivity index (χ1v) is 11.2. The zero-order valence-corrected chi connectivity index (χ0v) is 19.8. The summed E-state index contributed by atoms with van der Waals surface area (Å²) < 4.78 is 5.66. The Labute approximate surface area is 199 Å². The minimum Gasteiger partial charge on any atom is -0.464 e. The van der Waals surface area contributed by atoms with Crippen LogP contribution in [0, 0.1) is 6.92 Å². The van der Waals surface area contributed by atoms with Crippen LogP contribution in [-0.4, -0.2) is 29.0 Å². The smallest absolute Gasteiger partial charge is 0.354 e. The number of carbonyl (C=O) groups is 2. The highest BCUT2D eigenvalue weighted by Gasteiger charge is 2.11. The Morgan fingerprint density at radius 3 is 2.67 bits per heavy atom. The summed E-state index contributed by atoms with van der Waals surface area (Å²) >= 11 is 3.48. The third kappa shape index (κ3) is 5.40. The number of methoxy groups -OCH3 is 1. The predicted molar refractivity (Wildman–Crippen MR) is 132 cm³/mol. The fourth-order valence-electron chi connectivity index (χ4n) is 3.49. The fraction of sp³-hybridized carbons (Fsp3) is 0.160. The Balaban J connectivity index is 1.43. The van der Waals surface area contributed by atoms with Gasteiger partial charge in [0, 0.05) is 22.1 Å². The Morgan fingerprint density at radius 2 is 1.88 bits per heavy atom. The molecule has 8 heteroatoms. The van der Waals surface area contributed by atoms with E-state index in [-0.39, 0.29) is 5.91 Å². The number of benzene rings is 2. The van der Waals surface area contributed by atoms with Gasteiger partial charge in [-0.2, -0.15) is 0 Å². The molecular weight excluding hydrogens is 484 g/mol. The van der Waals surface area contributed by atoms with Crippen LogP contribution >= 0.6 is 15.9 Å². The van der Waals surface area contributed by atoms with Gasteiger partial charge in [0.2, 0.25) is 5.91 Å². The number of amides is 1. The number of hydrogen-bond donors (Lipinski definition) is 3. The number of aryl methyl sites for hydroxylation is 1. The summed E-state index contributed by atoms with van der Waals surface area (Å²) in [6.45, 7) is 2.58. The van der Waals surface area contributed by atoms with Crippen molar-refractivity contribution in [2.24, 2.45) is 0 Å². The second-order valence-electron chi connectivity index (χ2n) is 7.65. The Kier molecular flexibility index (Phi) is 6.74. The highest BCUT2D eigenvalue weighted by molar-refractivity contribution is 9.10. The van der Waals surface area contributed by atoms with Gasteiger partial charge < -0.3 is 20.4 Å². The lowest BCUT2D eigenvalue weighted by atomic mass is 10.1. The maximum atomic E-state index is 12.5. The molecule has 4 aromatic rings. The van der Waals surface area contributed by atoms with Crippen LogP contribution in [0.15, 0.2) is 65.3 Å². The molecular formula is C25H23BrN4O3.